The minimum absolute atomic E-state index is 0. The molecule has 0 saturated carbocycles. The highest BCUT2D eigenvalue weighted by atomic mass is 127. The summed E-state index contributed by atoms with van der Waals surface area (Å²) < 4.78 is 1.93. The molecule has 1 unspecified atom stereocenters. The minimum Gasteiger partial charge on any atom is -0.384 e. The number of imidazole rings is 1. The number of halogens is 1. The molecule has 0 aliphatic heterocycles. The van der Waals surface area contributed by atoms with E-state index in [1.807, 2.05) is 73.3 Å². The van der Waals surface area contributed by atoms with Gasteiger partial charge >= 0.3 is 0 Å². The van der Waals surface area contributed by atoms with Gasteiger partial charge in [-0.1, -0.05) is 36.4 Å². The molecule has 1 atom stereocenters. The van der Waals surface area contributed by atoms with E-state index < -0.39 is 5.60 Å². The maximum absolute atomic E-state index is 10.8. The van der Waals surface area contributed by atoms with Crippen molar-refractivity contribution in [1.82, 2.24) is 25.2 Å². The summed E-state index contributed by atoms with van der Waals surface area (Å²) >= 11 is 0. The highest BCUT2D eigenvalue weighted by Gasteiger charge is 2.22. The molecule has 0 aliphatic carbocycles. The number of rotatable bonds is 7. The molecule has 0 amide bonds. The van der Waals surface area contributed by atoms with Crippen molar-refractivity contribution in [2.24, 2.45) is 4.99 Å². The van der Waals surface area contributed by atoms with E-state index in [9.17, 15) is 5.11 Å². The van der Waals surface area contributed by atoms with Crippen molar-refractivity contribution < 1.29 is 5.11 Å². The van der Waals surface area contributed by atoms with Gasteiger partial charge in [0.05, 0.1) is 13.1 Å². The molecular weight excluding hydrogens is 491 g/mol. The molecule has 7 nitrogen and oxygen atoms in total. The van der Waals surface area contributed by atoms with Crippen molar-refractivity contribution in [2.45, 2.75) is 32.9 Å². The van der Waals surface area contributed by atoms with Crippen molar-refractivity contribution >= 4 is 29.9 Å². The van der Waals surface area contributed by atoms with E-state index in [0.717, 1.165) is 29.3 Å². The van der Waals surface area contributed by atoms with Gasteiger partial charge in [0.15, 0.2) is 5.96 Å². The largest absolute Gasteiger partial charge is 0.384 e. The number of hydrogen-bond acceptors (Lipinski definition) is 4. The summed E-state index contributed by atoms with van der Waals surface area (Å²) in [5.74, 6) is 2.38. The second-order valence-electron chi connectivity index (χ2n) is 7.06. The average molecular weight is 520 g/mol. The number of guanidine groups is 1. The molecule has 0 spiro atoms. The molecule has 160 valence electrons. The van der Waals surface area contributed by atoms with E-state index in [-0.39, 0.29) is 24.0 Å². The molecule has 0 bridgehead atoms. The molecule has 3 aromatic rings. The Hall–Kier alpha value is -2.46. The third-order valence-corrected chi connectivity index (χ3v) is 4.64. The monoisotopic (exact) mass is 520 g/mol. The van der Waals surface area contributed by atoms with Gasteiger partial charge in [-0.3, -0.25) is 4.57 Å². The Balaban J connectivity index is 0.00000320. The highest BCUT2D eigenvalue weighted by Crippen LogP contribution is 2.18. The van der Waals surface area contributed by atoms with Crippen LogP contribution in [0.15, 0.2) is 66.0 Å². The molecule has 0 saturated heterocycles. The summed E-state index contributed by atoms with van der Waals surface area (Å²) in [6.45, 7) is 7.31. The second kappa shape index (κ2) is 11.1. The van der Waals surface area contributed by atoms with Gasteiger partial charge in [0.25, 0.3) is 0 Å². The number of hydrogen-bond donors (Lipinski definition) is 3. The van der Waals surface area contributed by atoms with Crippen molar-refractivity contribution in [1.29, 1.82) is 0 Å². The van der Waals surface area contributed by atoms with E-state index in [1.54, 1.807) is 13.1 Å². The van der Waals surface area contributed by atoms with Gasteiger partial charge in [-0.15, -0.1) is 24.0 Å². The predicted octanol–water partition coefficient (Wildman–Crippen LogP) is 3.16. The zero-order chi connectivity index (χ0) is 20.7. The summed E-state index contributed by atoms with van der Waals surface area (Å²) in [5, 5.41) is 17.2. The van der Waals surface area contributed by atoms with Gasteiger partial charge < -0.3 is 15.7 Å². The summed E-state index contributed by atoms with van der Waals surface area (Å²) in [4.78, 5) is 13.3. The van der Waals surface area contributed by atoms with Gasteiger partial charge in [-0.2, -0.15) is 0 Å². The van der Waals surface area contributed by atoms with E-state index in [4.69, 9.17) is 0 Å². The first-order chi connectivity index (χ1) is 14.0. The van der Waals surface area contributed by atoms with E-state index in [1.165, 1.54) is 0 Å². The Kier molecular flexibility index (Phi) is 8.79. The van der Waals surface area contributed by atoms with Gasteiger partial charge in [0.2, 0.25) is 0 Å². The molecule has 0 fully saturated rings. The summed E-state index contributed by atoms with van der Waals surface area (Å²) in [6, 6.07) is 13.6. The summed E-state index contributed by atoms with van der Waals surface area (Å²) in [6.07, 6.45) is 5.47. The maximum Gasteiger partial charge on any atom is 0.191 e. The van der Waals surface area contributed by atoms with Crippen LogP contribution >= 0.6 is 24.0 Å². The van der Waals surface area contributed by atoms with E-state index >= 15 is 0 Å². The standard InChI is InChI=1S/C22H28N6O.HI/c1-4-23-21(27-16-22(3,29)19-8-6-5-7-9-19)26-15-18-10-11-20(25-14-18)28-13-12-24-17(28)2;/h5-14,29H,4,15-16H2,1-3H3,(H2,23,26,27);1H. The zero-order valence-electron chi connectivity index (χ0n) is 17.5. The molecule has 3 rings (SSSR count). The zero-order valence-corrected chi connectivity index (χ0v) is 19.9. The quantitative estimate of drug-likeness (QED) is 0.253. The fraction of sp³-hybridized carbons (Fsp3) is 0.318. The second-order valence-corrected chi connectivity index (χ2v) is 7.06. The minimum atomic E-state index is -0.997. The SMILES string of the molecule is CCNC(=NCc1ccc(-n2ccnc2C)nc1)NCC(C)(O)c1ccccc1.I. The Bertz CT molecular complexity index is 938. The summed E-state index contributed by atoms with van der Waals surface area (Å²) in [5.41, 5.74) is 0.861. The van der Waals surface area contributed by atoms with E-state index in [2.05, 4.69) is 25.6 Å². The first-order valence-electron chi connectivity index (χ1n) is 9.75. The molecule has 30 heavy (non-hydrogen) atoms. The van der Waals surface area contributed by atoms with Crippen LogP contribution in [0.25, 0.3) is 5.82 Å². The lowest BCUT2D eigenvalue weighted by atomic mass is 9.96. The van der Waals surface area contributed by atoms with Crippen LogP contribution in [0.5, 0.6) is 0 Å². The first-order valence-corrected chi connectivity index (χ1v) is 9.75. The van der Waals surface area contributed by atoms with Crippen molar-refractivity contribution in [3.05, 3.63) is 78.0 Å². The Labute approximate surface area is 194 Å². The number of aryl methyl sites for hydroxylation is 1. The molecule has 3 N–H and O–H groups in total. The number of nitrogens with one attached hydrogen (secondary N) is 2. The van der Waals surface area contributed by atoms with Crippen LogP contribution in [-0.4, -0.2) is 38.7 Å². The lowest BCUT2D eigenvalue weighted by Crippen LogP contribution is -2.44. The molecule has 2 aromatic heterocycles. The lowest BCUT2D eigenvalue weighted by Gasteiger charge is -2.25. The third-order valence-electron chi connectivity index (χ3n) is 4.64. The fourth-order valence-electron chi connectivity index (χ4n) is 2.94. The Morgan fingerprint density at radius 1 is 1.13 bits per heavy atom. The van der Waals surface area contributed by atoms with Crippen molar-refractivity contribution in [3.8, 4) is 5.82 Å². The van der Waals surface area contributed by atoms with Crippen LogP contribution in [-0.2, 0) is 12.1 Å². The van der Waals surface area contributed by atoms with Gasteiger partial charge in [0.1, 0.15) is 17.2 Å². The highest BCUT2D eigenvalue weighted by molar-refractivity contribution is 14.0. The van der Waals surface area contributed by atoms with Crippen LogP contribution in [0.3, 0.4) is 0 Å². The van der Waals surface area contributed by atoms with Gasteiger partial charge in [-0.25, -0.2) is 15.0 Å². The number of benzene rings is 1. The predicted molar refractivity (Wildman–Crippen MR) is 130 cm³/mol. The Morgan fingerprint density at radius 3 is 2.50 bits per heavy atom. The molecule has 0 radical (unpaired) electrons. The Morgan fingerprint density at radius 2 is 1.90 bits per heavy atom. The van der Waals surface area contributed by atoms with Crippen LogP contribution < -0.4 is 10.6 Å². The molecule has 2 heterocycles. The van der Waals surface area contributed by atoms with Gasteiger partial charge in [-0.05, 0) is 38.0 Å². The first kappa shape index (κ1) is 23.8. The summed E-state index contributed by atoms with van der Waals surface area (Å²) in [7, 11) is 0. The average Bonchev–Trinajstić information content (AvgIpc) is 3.17. The van der Waals surface area contributed by atoms with Crippen LogP contribution in [0.1, 0.15) is 30.8 Å². The van der Waals surface area contributed by atoms with Crippen LogP contribution in [0, 0.1) is 6.92 Å². The van der Waals surface area contributed by atoms with Gasteiger partial charge in [0, 0.05) is 25.1 Å². The molecule has 0 aliphatic rings. The maximum atomic E-state index is 10.8. The number of pyridine rings is 1. The van der Waals surface area contributed by atoms with Crippen LogP contribution in [0.2, 0.25) is 0 Å². The number of aliphatic imine (C=N–C) groups is 1. The third kappa shape index (κ3) is 6.27. The van der Waals surface area contributed by atoms with Crippen LogP contribution in [0.4, 0.5) is 0 Å². The smallest absolute Gasteiger partial charge is 0.191 e. The van der Waals surface area contributed by atoms with E-state index in [0.29, 0.717) is 19.0 Å². The number of aliphatic hydroxyl groups is 1. The van der Waals surface area contributed by atoms with Crippen molar-refractivity contribution in [3.63, 3.8) is 0 Å². The van der Waals surface area contributed by atoms with Crippen molar-refractivity contribution in [2.75, 3.05) is 13.1 Å². The number of nitrogens with zero attached hydrogens (tertiary/aromatic N) is 4. The topological polar surface area (TPSA) is 87.4 Å². The lowest BCUT2D eigenvalue weighted by molar-refractivity contribution is 0.0617. The number of aromatic nitrogens is 3. The molecule has 1 aromatic carbocycles. The molecule has 8 heteroatoms. The fourth-order valence-corrected chi connectivity index (χ4v) is 2.94. The normalized spacial score (nSPS) is 13.3. The molecular formula is C22H29IN6O.